The monoisotopic (exact) mass is 260 g/mol. The van der Waals surface area contributed by atoms with Gasteiger partial charge in [-0.1, -0.05) is 30.3 Å². The predicted octanol–water partition coefficient (Wildman–Crippen LogP) is 2.91. The molecule has 4 heteroatoms. The van der Waals surface area contributed by atoms with Gasteiger partial charge >= 0.3 is 5.97 Å². The highest BCUT2D eigenvalue weighted by Gasteiger charge is 2.07. The van der Waals surface area contributed by atoms with Crippen LogP contribution in [0.5, 0.6) is 5.75 Å². The number of methoxy groups -OCH3 is 1. The maximum atomic E-state index is 13.3. The third kappa shape index (κ3) is 3.10. The van der Waals surface area contributed by atoms with Gasteiger partial charge in [-0.25, -0.2) is 4.39 Å². The molecule has 0 radical (unpaired) electrons. The Morgan fingerprint density at radius 1 is 1.21 bits per heavy atom. The van der Waals surface area contributed by atoms with Crippen molar-refractivity contribution >= 4 is 5.97 Å². The summed E-state index contributed by atoms with van der Waals surface area (Å²) in [5.41, 5.74) is 2.21. The number of carbonyl (C=O) groups is 1. The highest BCUT2D eigenvalue weighted by molar-refractivity contribution is 5.74. The van der Waals surface area contributed by atoms with E-state index in [0.29, 0.717) is 5.56 Å². The van der Waals surface area contributed by atoms with E-state index in [9.17, 15) is 9.18 Å². The minimum absolute atomic E-state index is 0.172. The van der Waals surface area contributed by atoms with Crippen molar-refractivity contribution in [1.29, 1.82) is 0 Å². The second-order valence-corrected chi connectivity index (χ2v) is 4.12. The number of carbonyl (C=O) groups excluding carboxylic acids is 1. The Labute approximate surface area is 110 Å². The molecule has 19 heavy (non-hydrogen) atoms. The summed E-state index contributed by atoms with van der Waals surface area (Å²) in [7, 11) is 1.33. The van der Waals surface area contributed by atoms with Crippen LogP contribution in [0, 0.1) is 5.82 Å². The summed E-state index contributed by atoms with van der Waals surface area (Å²) < 4.78 is 17.9. The second-order valence-electron chi connectivity index (χ2n) is 4.12. The first-order chi connectivity index (χ1) is 9.10. The highest BCUT2D eigenvalue weighted by Crippen LogP contribution is 2.25. The quantitative estimate of drug-likeness (QED) is 0.863. The summed E-state index contributed by atoms with van der Waals surface area (Å²) >= 11 is 0. The van der Waals surface area contributed by atoms with Crippen molar-refractivity contribution in [2.45, 2.75) is 6.42 Å². The average Bonchev–Trinajstić information content (AvgIpc) is 2.42. The predicted molar refractivity (Wildman–Crippen MR) is 69.2 cm³/mol. The number of rotatable bonds is 3. The molecule has 0 atom stereocenters. The average molecular weight is 260 g/mol. The van der Waals surface area contributed by atoms with Crippen LogP contribution in [0.3, 0.4) is 0 Å². The van der Waals surface area contributed by atoms with Crippen molar-refractivity contribution in [2.24, 2.45) is 0 Å². The molecule has 0 bridgehead atoms. The Morgan fingerprint density at radius 3 is 2.63 bits per heavy atom. The number of phenols is 1. The molecule has 0 aliphatic rings. The fourth-order valence-corrected chi connectivity index (χ4v) is 1.79. The number of hydrogen-bond donors (Lipinski definition) is 1. The lowest BCUT2D eigenvalue weighted by atomic mass is 10.0. The third-order valence-corrected chi connectivity index (χ3v) is 2.78. The van der Waals surface area contributed by atoms with E-state index in [1.54, 1.807) is 24.3 Å². The number of esters is 1. The molecule has 2 rings (SSSR count). The lowest BCUT2D eigenvalue weighted by Gasteiger charge is -2.06. The van der Waals surface area contributed by atoms with Gasteiger partial charge in [0.1, 0.15) is 0 Å². The summed E-state index contributed by atoms with van der Waals surface area (Å²) in [6, 6.07) is 11.4. The number of ether oxygens (including phenoxy) is 1. The summed E-state index contributed by atoms with van der Waals surface area (Å²) in [6.07, 6.45) is 0.172. The zero-order valence-corrected chi connectivity index (χ0v) is 10.4. The van der Waals surface area contributed by atoms with Gasteiger partial charge in [-0.15, -0.1) is 0 Å². The number of halogens is 1. The van der Waals surface area contributed by atoms with Gasteiger partial charge < -0.3 is 9.84 Å². The highest BCUT2D eigenvalue weighted by atomic mass is 19.1. The van der Waals surface area contributed by atoms with E-state index in [1.807, 2.05) is 6.07 Å². The zero-order valence-electron chi connectivity index (χ0n) is 10.4. The number of benzene rings is 2. The maximum Gasteiger partial charge on any atom is 0.309 e. The van der Waals surface area contributed by atoms with E-state index in [0.717, 1.165) is 11.1 Å². The molecule has 98 valence electrons. The first kappa shape index (κ1) is 13.1. The largest absolute Gasteiger partial charge is 0.505 e. The van der Waals surface area contributed by atoms with Gasteiger partial charge in [0.25, 0.3) is 0 Å². The van der Waals surface area contributed by atoms with Crippen molar-refractivity contribution in [3.63, 3.8) is 0 Å². The van der Waals surface area contributed by atoms with Gasteiger partial charge in [-0.2, -0.15) is 0 Å². The molecule has 2 aromatic carbocycles. The van der Waals surface area contributed by atoms with Crippen LogP contribution in [0.25, 0.3) is 11.1 Å². The van der Waals surface area contributed by atoms with Crippen LogP contribution in [0.15, 0.2) is 42.5 Å². The van der Waals surface area contributed by atoms with E-state index in [4.69, 9.17) is 5.11 Å². The topological polar surface area (TPSA) is 46.5 Å². The van der Waals surface area contributed by atoms with Gasteiger partial charge in [0, 0.05) is 0 Å². The molecule has 0 aliphatic heterocycles. The van der Waals surface area contributed by atoms with Gasteiger partial charge in [0.2, 0.25) is 0 Å². The van der Waals surface area contributed by atoms with E-state index in [-0.39, 0.29) is 18.1 Å². The normalized spacial score (nSPS) is 10.2. The number of hydrogen-bond acceptors (Lipinski definition) is 3. The summed E-state index contributed by atoms with van der Waals surface area (Å²) in [4.78, 5) is 11.2. The van der Waals surface area contributed by atoms with Crippen LogP contribution in [0.2, 0.25) is 0 Å². The Morgan fingerprint density at radius 2 is 1.95 bits per heavy atom. The van der Waals surface area contributed by atoms with Crippen LogP contribution in [0.4, 0.5) is 4.39 Å². The first-order valence-electron chi connectivity index (χ1n) is 5.75. The molecule has 0 aromatic heterocycles. The molecule has 2 aromatic rings. The van der Waals surface area contributed by atoms with Crippen molar-refractivity contribution in [3.8, 4) is 16.9 Å². The smallest absolute Gasteiger partial charge is 0.309 e. The molecule has 0 saturated heterocycles. The first-order valence-corrected chi connectivity index (χ1v) is 5.75. The van der Waals surface area contributed by atoms with Gasteiger partial charge in [-0.3, -0.25) is 4.79 Å². The lowest BCUT2D eigenvalue weighted by molar-refractivity contribution is -0.139. The SMILES string of the molecule is COC(=O)Cc1cccc(-c2ccc(O)c(F)c2)c1. The Hall–Kier alpha value is -2.36. The lowest BCUT2D eigenvalue weighted by Crippen LogP contribution is -2.04. The van der Waals surface area contributed by atoms with Gasteiger partial charge in [-0.05, 0) is 28.8 Å². The Kier molecular flexibility index (Phi) is 3.80. The van der Waals surface area contributed by atoms with E-state index in [2.05, 4.69) is 4.74 Å². The van der Waals surface area contributed by atoms with E-state index >= 15 is 0 Å². The summed E-state index contributed by atoms with van der Waals surface area (Å²) in [6.45, 7) is 0. The fourth-order valence-electron chi connectivity index (χ4n) is 1.79. The molecule has 0 saturated carbocycles. The van der Waals surface area contributed by atoms with E-state index < -0.39 is 5.82 Å². The van der Waals surface area contributed by atoms with Crippen LogP contribution in [-0.4, -0.2) is 18.2 Å². The third-order valence-electron chi connectivity index (χ3n) is 2.78. The van der Waals surface area contributed by atoms with Crippen LogP contribution < -0.4 is 0 Å². The molecule has 0 aliphatic carbocycles. The fraction of sp³-hybridized carbons (Fsp3) is 0.133. The summed E-state index contributed by atoms with van der Waals surface area (Å²) in [5, 5.41) is 9.16. The van der Waals surface area contributed by atoms with Crippen molar-refractivity contribution in [1.82, 2.24) is 0 Å². The standard InChI is InChI=1S/C15H13FO3/c1-19-15(18)8-10-3-2-4-11(7-10)12-5-6-14(17)13(16)9-12/h2-7,9,17H,8H2,1H3. The minimum atomic E-state index is -0.670. The van der Waals surface area contributed by atoms with Gasteiger partial charge in [0.05, 0.1) is 13.5 Å². The van der Waals surface area contributed by atoms with Crippen molar-refractivity contribution in [3.05, 3.63) is 53.8 Å². The van der Waals surface area contributed by atoms with Crippen molar-refractivity contribution in [2.75, 3.05) is 7.11 Å². The maximum absolute atomic E-state index is 13.3. The number of aromatic hydroxyl groups is 1. The van der Waals surface area contributed by atoms with Crippen LogP contribution in [-0.2, 0) is 16.0 Å². The second kappa shape index (κ2) is 5.52. The van der Waals surface area contributed by atoms with Crippen LogP contribution >= 0.6 is 0 Å². The molecular weight excluding hydrogens is 247 g/mol. The molecular formula is C15H13FO3. The van der Waals surface area contributed by atoms with Crippen LogP contribution in [0.1, 0.15) is 5.56 Å². The van der Waals surface area contributed by atoms with Crippen molar-refractivity contribution < 1.29 is 19.0 Å². The molecule has 0 amide bonds. The zero-order chi connectivity index (χ0) is 13.8. The molecule has 0 heterocycles. The molecule has 1 N–H and O–H groups in total. The Balaban J connectivity index is 2.32. The van der Waals surface area contributed by atoms with Gasteiger partial charge in [0.15, 0.2) is 11.6 Å². The molecule has 0 unspecified atom stereocenters. The molecule has 0 spiro atoms. The Bertz CT molecular complexity index is 608. The number of phenolic OH excluding ortho intramolecular Hbond substituents is 1. The molecule has 3 nitrogen and oxygen atoms in total. The minimum Gasteiger partial charge on any atom is -0.505 e. The van der Waals surface area contributed by atoms with E-state index in [1.165, 1.54) is 19.2 Å². The molecule has 0 fully saturated rings. The summed E-state index contributed by atoms with van der Waals surface area (Å²) in [5.74, 6) is -1.38.